The van der Waals surface area contributed by atoms with E-state index in [-0.39, 0.29) is 5.97 Å². The summed E-state index contributed by atoms with van der Waals surface area (Å²) in [7, 11) is 1.41. The molecule has 0 saturated heterocycles. The first-order chi connectivity index (χ1) is 17.1. The van der Waals surface area contributed by atoms with Gasteiger partial charge in [-0.1, -0.05) is 67.2 Å². The number of methoxy groups -OCH3 is 1. The number of carbonyl (C=O) groups excluding carboxylic acids is 1. The van der Waals surface area contributed by atoms with Gasteiger partial charge < -0.3 is 9.30 Å². The van der Waals surface area contributed by atoms with Crippen LogP contribution >= 0.6 is 23.1 Å². The zero-order valence-electron chi connectivity index (χ0n) is 19.6. The third kappa shape index (κ3) is 4.46. The van der Waals surface area contributed by atoms with Gasteiger partial charge in [-0.3, -0.25) is 0 Å². The zero-order chi connectivity index (χ0) is 24.4. The van der Waals surface area contributed by atoms with Gasteiger partial charge in [0, 0.05) is 16.2 Å². The molecule has 3 heterocycles. The summed E-state index contributed by atoms with van der Waals surface area (Å²) in [5.41, 5.74) is 5.91. The molecule has 0 bridgehead atoms. The number of esters is 1. The number of thiophene rings is 1. The lowest BCUT2D eigenvalue weighted by atomic mass is 9.98. The highest BCUT2D eigenvalue weighted by Crippen LogP contribution is 2.36. The van der Waals surface area contributed by atoms with Gasteiger partial charge in [-0.25, -0.2) is 9.78 Å². The molecule has 0 aliphatic carbocycles. The maximum atomic E-state index is 12.3. The molecular weight excluding hydrogens is 480 g/mol. The monoisotopic (exact) mass is 504 g/mol. The van der Waals surface area contributed by atoms with Crippen molar-refractivity contribution in [1.29, 1.82) is 0 Å². The van der Waals surface area contributed by atoms with Gasteiger partial charge in [0.2, 0.25) is 5.82 Å². The number of imidazole rings is 1. The van der Waals surface area contributed by atoms with Crippen LogP contribution in [-0.2, 0) is 11.3 Å². The van der Waals surface area contributed by atoms with Gasteiger partial charge >= 0.3 is 5.97 Å². The Morgan fingerprint density at radius 1 is 1.14 bits per heavy atom. The summed E-state index contributed by atoms with van der Waals surface area (Å²) in [6.07, 6.45) is 1.04. The Kier molecular flexibility index (Phi) is 6.65. The number of carbonyl (C=O) groups is 1. The standard InChI is InChI=1S/C25H24N6O2S2/c1-4-13-34-25-26-20-21(15(2)35-22(20)24(32)33-3)31(25)14-16-9-11-17(12-10-16)18-7-5-6-8-19(18)23-27-29-30-28-23/h5-12H,4,13-14H2,1-3H3,(H,27,28,29,30). The summed E-state index contributed by atoms with van der Waals surface area (Å²) in [6, 6.07) is 16.5. The number of aromatic amines is 1. The van der Waals surface area contributed by atoms with Crippen molar-refractivity contribution in [3.8, 4) is 22.5 Å². The second kappa shape index (κ2) is 10.0. The van der Waals surface area contributed by atoms with Crippen molar-refractivity contribution < 1.29 is 9.53 Å². The minimum absolute atomic E-state index is 0.339. The van der Waals surface area contributed by atoms with Crippen LogP contribution in [0.2, 0.25) is 0 Å². The van der Waals surface area contributed by atoms with Crippen molar-refractivity contribution in [3.63, 3.8) is 0 Å². The van der Waals surface area contributed by atoms with E-state index in [2.05, 4.69) is 62.4 Å². The minimum atomic E-state index is -0.339. The van der Waals surface area contributed by atoms with Crippen LogP contribution < -0.4 is 0 Å². The largest absolute Gasteiger partial charge is 0.465 e. The third-order valence-electron chi connectivity index (χ3n) is 5.66. The van der Waals surface area contributed by atoms with Crippen LogP contribution in [0.15, 0.2) is 53.7 Å². The van der Waals surface area contributed by atoms with E-state index in [1.54, 1.807) is 11.8 Å². The summed E-state index contributed by atoms with van der Waals surface area (Å²) < 4.78 is 7.22. The summed E-state index contributed by atoms with van der Waals surface area (Å²) in [5.74, 6) is 1.19. The molecule has 0 aliphatic heterocycles. The average Bonchev–Trinajstić information content (AvgIpc) is 3.61. The fourth-order valence-electron chi connectivity index (χ4n) is 4.06. The molecule has 5 rings (SSSR count). The minimum Gasteiger partial charge on any atom is -0.465 e. The van der Waals surface area contributed by atoms with E-state index in [0.717, 1.165) is 55.5 Å². The number of thioether (sulfide) groups is 1. The van der Waals surface area contributed by atoms with Crippen molar-refractivity contribution in [2.45, 2.75) is 32.0 Å². The fraction of sp³-hybridized carbons (Fsp3) is 0.240. The predicted octanol–water partition coefficient (Wildman–Crippen LogP) is 5.59. The predicted molar refractivity (Wildman–Crippen MR) is 139 cm³/mol. The van der Waals surface area contributed by atoms with Crippen LogP contribution in [0, 0.1) is 6.92 Å². The summed E-state index contributed by atoms with van der Waals surface area (Å²) >= 11 is 3.15. The number of nitrogens with zero attached hydrogens (tertiary/aromatic N) is 5. The highest BCUT2D eigenvalue weighted by Gasteiger charge is 2.23. The van der Waals surface area contributed by atoms with Crippen LogP contribution in [0.5, 0.6) is 0 Å². The Morgan fingerprint density at radius 3 is 2.60 bits per heavy atom. The van der Waals surface area contributed by atoms with Gasteiger partial charge in [0.25, 0.3) is 0 Å². The van der Waals surface area contributed by atoms with Crippen LogP contribution in [0.4, 0.5) is 0 Å². The van der Waals surface area contributed by atoms with Gasteiger partial charge in [0.15, 0.2) is 5.16 Å². The summed E-state index contributed by atoms with van der Waals surface area (Å²) in [4.78, 5) is 18.8. The van der Waals surface area contributed by atoms with E-state index in [4.69, 9.17) is 9.72 Å². The Hall–Kier alpha value is -3.50. The fourth-order valence-corrected chi connectivity index (χ4v) is 5.93. The number of benzene rings is 2. The molecule has 10 heteroatoms. The Bertz CT molecular complexity index is 1470. The quantitative estimate of drug-likeness (QED) is 0.217. The van der Waals surface area contributed by atoms with Gasteiger partial charge in [-0.15, -0.1) is 21.5 Å². The lowest BCUT2D eigenvalue weighted by Gasteiger charge is -2.11. The average molecular weight is 505 g/mol. The topological polar surface area (TPSA) is 98.6 Å². The van der Waals surface area contributed by atoms with E-state index in [0.29, 0.717) is 17.2 Å². The van der Waals surface area contributed by atoms with Gasteiger partial charge in [-0.2, -0.15) is 5.21 Å². The molecule has 0 amide bonds. The van der Waals surface area contributed by atoms with Crippen LogP contribution in [0.25, 0.3) is 33.5 Å². The van der Waals surface area contributed by atoms with Crippen LogP contribution in [0.3, 0.4) is 0 Å². The molecule has 35 heavy (non-hydrogen) atoms. The lowest BCUT2D eigenvalue weighted by Crippen LogP contribution is -2.02. The number of rotatable bonds is 8. The first-order valence-electron chi connectivity index (χ1n) is 11.2. The highest BCUT2D eigenvalue weighted by molar-refractivity contribution is 7.99. The van der Waals surface area contributed by atoms with E-state index in [9.17, 15) is 4.79 Å². The number of nitrogens with one attached hydrogen (secondary N) is 1. The number of fused-ring (bicyclic) bond motifs is 1. The maximum Gasteiger partial charge on any atom is 0.350 e. The summed E-state index contributed by atoms with van der Waals surface area (Å²) in [5, 5.41) is 15.4. The summed E-state index contributed by atoms with van der Waals surface area (Å²) in [6.45, 7) is 4.84. The van der Waals surface area contributed by atoms with Crippen LogP contribution in [-0.4, -0.2) is 49.0 Å². The van der Waals surface area contributed by atoms with Gasteiger partial charge in [0.05, 0.1) is 19.2 Å². The molecule has 178 valence electrons. The second-order valence-corrected chi connectivity index (χ2v) is 10.3. The molecular formula is C25H24N6O2S2. The zero-order valence-corrected chi connectivity index (χ0v) is 21.2. The first-order valence-corrected chi connectivity index (χ1v) is 13.0. The molecule has 0 unspecified atom stereocenters. The van der Waals surface area contributed by atoms with E-state index in [1.165, 1.54) is 18.4 Å². The highest BCUT2D eigenvalue weighted by atomic mass is 32.2. The normalized spacial score (nSPS) is 11.3. The van der Waals surface area contributed by atoms with Crippen molar-refractivity contribution in [1.82, 2.24) is 30.2 Å². The number of aryl methyl sites for hydroxylation is 1. The second-order valence-electron chi connectivity index (χ2n) is 7.98. The number of aromatic nitrogens is 6. The Balaban J connectivity index is 1.50. The molecule has 3 aromatic heterocycles. The van der Waals surface area contributed by atoms with Crippen molar-refractivity contribution >= 4 is 40.1 Å². The van der Waals surface area contributed by atoms with Gasteiger partial charge in [0.1, 0.15) is 10.4 Å². The molecule has 2 aromatic carbocycles. The molecule has 0 spiro atoms. The van der Waals surface area contributed by atoms with E-state index in [1.807, 2.05) is 25.1 Å². The number of ether oxygens (including phenoxy) is 1. The number of hydrogen-bond acceptors (Lipinski definition) is 8. The molecule has 8 nitrogen and oxygen atoms in total. The lowest BCUT2D eigenvalue weighted by molar-refractivity contribution is 0.0608. The molecule has 0 radical (unpaired) electrons. The van der Waals surface area contributed by atoms with E-state index < -0.39 is 0 Å². The molecule has 0 atom stereocenters. The molecule has 0 fully saturated rings. The smallest absolute Gasteiger partial charge is 0.350 e. The molecule has 0 aliphatic rings. The Labute approximate surface area is 210 Å². The van der Waals surface area contributed by atoms with Crippen molar-refractivity contribution in [3.05, 3.63) is 63.8 Å². The third-order valence-corrected chi connectivity index (χ3v) is 7.91. The molecule has 0 saturated carbocycles. The maximum absolute atomic E-state index is 12.3. The van der Waals surface area contributed by atoms with Crippen molar-refractivity contribution in [2.24, 2.45) is 0 Å². The van der Waals surface area contributed by atoms with Crippen molar-refractivity contribution in [2.75, 3.05) is 12.9 Å². The van der Waals surface area contributed by atoms with Gasteiger partial charge in [-0.05, 0) is 35.2 Å². The molecule has 1 N–H and O–H groups in total. The number of H-pyrrole nitrogens is 1. The number of tetrazole rings is 1. The SMILES string of the molecule is CCCSc1nc2c(C(=O)OC)sc(C)c2n1Cc1ccc(-c2ccccc2-c2nn[nH]n2)cc1. The van der Waals surface area contributed by atoms with E-state index >= 15 is 0 Å². The first kappa shape index (κ1) is 23.3. The Morgan fingerprint density at radius 2 is 1.91 bits per heavy atom. The van der Waals surface area contributed by atoms with Crippen LogP contribution in [0.1, 0.15) is 33.5 Å². The molecule has 5 aromatic rings. The number of hydrogen-bond donors (Lipinski definition) is 1.